The van der Waals surface area contributed by atoms with Crippen molar-refractivity contribution in [3.63, 3.8) is 0 Å². The molecule has 1 N–H and O–H groups in total. The molecule has 0 aromatic carbocycles. The van der Waals surface area contributed by atoms with Gasteiger partial charge in [-0.25, -0.2) is 9.97 Å². The number of piperazine rings is 1. The van der Waals surface area contributed by atoms with Crippen LogP contribution in [0.3, 0.4) is 0 Å². The van der Waals surface area contributed by atoms with Crippen LogP contribution in [0.2, 0.25) is 5.02 Å². The minimum Gasteiger partial charge on any atom is -0.352 e. The minimum atomic E-state index is -4.48. The Balaban J connectivity index is 1.55. The molecule has 1 aliphatic heterocycles. The fourth-order valence-corrected chi connectivity index (χ4v) is 3.44. The van der Waals surface area contributed by atoms with Crippen molar-refractivity contribution in [1.29, 1.82) is 0 Å². The number of hydrogen-bond acceptors (Lipinski definition) is 6. The van der Waals surface area contributed by atoms with Crippen molar-refractivity contribution in [2.24, 2.45) is 0 Å². The molecule has 1 amide bonds. The highest BCUT2D eigenvalue weighted by molar-refractivity contribution is 7.99. The van der Waals surface area contributed by atoms with Crippen LogP contribution in [-0.4, -0.2) is 62.9 Å². The maximum Gasteiger partial charge on any atom is 0.417 e. The van der Waals surface area contributed by atoms with Gasteiger partial charge in [0.2, 0.25) is 5.91 Å². The summed E-state index contributed by atoms with van der Waals surface area (Å²) in [6.07, 6.45) is -2.35. The van der Waals surface area contributed by atoms with Crippen LogP contribution in [0.25, 0.3) is 0 Å². The highest BCUT2D eigenvalue weighted by atomic mass is 35.5. The molecule has 3 rings (SSSR count). The lowest BCUT2D eigenvalue weighted by atomic mass is 10.2. The highest BCUT2D eigenvalue weighted by Gasteiger charge is 2.32. The second kappa shape index (κ2) is 7.70. The Hall–Kier alpha value is -2.01. The minimum absolute atomic E-state index is 0.0440. The number of nitrogens with one attached hydrogen (secondary N) is 1. The molecule has 12 heteroatoms. The van der Waals surface area contributed by atoms with Gasteiger partial charge in [-0.05, 0) is 6.07 Å². The van der Waals surface area contributed by atoms with Gasteiger partial charge in [0, 0.05) is 32.4 Å². The summed E-state index contributed by atoms with van der Waals surface area (Å²) in [5.41, 5.74) is -0.885. The van der Waals surface area contributed by atoms with Gasteiger partial charge in [-0.3, -0.25) is 9.89 Å². The van der Waals surface area contributed by atoms with Crippen molar-refractivity contribution in [3.05, 3.63) is 29.2 Å². The van der Waals surface area contributed by atoms with Gasteiger partial charge < -0.3 is 9.80 Å². The third-order valence-electron chi connectivity index (χ3n) is 3.81. The predicted octanol–water partition coefficient (Wildman–Crippen LogP) is 2.31. The summed E-state index contributed by atoms with van der Waals surface area (Å²) in [5, 5.41) is 6.88. The van der Waals surface area contributed by atoms with Crippen molar-refractivity contribution < 1.29 is 18.0 Å². The Morgan fingerprint density at radius 2 is 2.00 bits per heavy atom. The third kappa shape index (κ3) is 4.39. The molecule has 1 saturated heterocycles. The van der Waals surface area contributed by atoms with E-state index in [-0.39, 0.29) is 16.7 Å². The smallest absolute Gasteiger partial charge is 0.352 e. The zero-order chi connectivity index (χ0) is 18.7. The molecule has 1 fully saturated rings. The number of hydrogen-bond donors (Lipinski definition) is 1. The molecule has 140 valence electrons. The molecule has 0 radical (unpaired) electrons. The number of halogens is 4. The Bertz CT molecular complexity index is 765. The molecule has 0 bridgehead atoms. The summed E-state index contributed by atoms with van der Waals surface area (Å²) in [7, 11) is 0. The number of aromatic nitrogens is 4. The van der Waals surface area contributed by atoms with E-state index in [0.29, 0.717) is 37.2 Å². The van der Waals surface area contributed by atoms with E-state index >= 15 is 0 Å². The van der Waals surface area contributed by atoms with E-state index in [1.54, 1.807) is 9.80 Å². The third-order valence-corrected chi connectivity index (χ3v) is 4.95. The number of H-pyrrole nitrogens is 1. The van der Waals surface area contributed by atoms with Crippen LogP contribution in [0.5, 0.6) is 0 Å². The summed E-state index contributed by atoms with van der Waals surface area (Å²) in [5.74, 6) is 0.481. The van der Waals surface area contributed by atoms with Crippen LogP contribution >= 0.6 is 23.4 Å². The monoisotopic (exact) mass is 406 g/mol. The summed E-state index contributed by atoms with van der Waals surface area (Å²) in [4.78, 5) is 23.5. The standard InChI is InChI=1S/C14H14ClF3N6OS/c15-10-5-9(14(16,17)18)6-19-12(10)24-3-1-23(2-4-24)11(25)7-26-13-20-8-21-22-13/h5-6,8H,1-4,7H2,(H,20,21,22). The average Bonchev–Trinajstić information content (AvgIpc) is 3.12. The molecule has 3 heterocycles. The molecule has 2 aromatic heterocycles. The Kier molecular flexibility index (Phi) is 5.56. The van der Waals surface area contributed by atoms with Crippen LogP contribution < -0.4 is 4.90 Å². The van der Waals surface area contributed by atoms with Gasteiger partial charge in [-0.2, -0.15) is 18.3 Å². The van der Waals surface area contributed by atoms with Crippen molar-refractivity contribution >= 4 is 35.1 Å². The summed E-state index contributed by atoms with van der Waals surface area (Å²) >= 11 is 7.23. The Labute approximate surface area is 155 Å². The topological polar surface area (TPSA) is 78.0 Å². The first-order valence-electron chi connectivity index (χ1n) is 7.58. The van der Waals surface area contributed by atoms with E-state index in [2.05, 4.69) is 20.2 Å². The molecule has 0 unspecified atom stereocenters. The lowest BCUT2D eigenvalue weighted by Gasteiger charge is -2.35. The first kappa shape index (κ1) is 18.8. The highest BCUT2D eigenvalue weighted by Crippen LogP contribution is 2.33. The molecule has 7 nitrogen and oxygen atoms in total. The van der Waals surface area contributed by atoms with Gasteiger partial charge in [-0.15, -0.1) is 0 Å². The van der Waals surface area contributed by atoms with E-state index in [4.69, 9.17) is 11.6 Å². The van der Waals surface area contributed by atoms with Crippen LogP contribution in [0.4, 0.5) is 19.0 Å². The molecular weight excluding hydrogens is 393 g/mol. The molecule has 1 aliphatic rings. The van der Waals surface area contributed by atoms with E-state index in [0.717, 1.165) is 12.3 Å². The Morgan fingerprint density at radius 3 is 2.58 bits per heavy atom. The largest absolute Gasteiger partial charge is 0.417 e. The first-order chi connectivity index (χ1) is 12.3. The number of aromatic amines is 1. The van der Waals surface area contributed by atoms with Crippen molar-refractivity contribution in [2.45, 2.75) is 11.3 Å². The van der Waals surface area contributed by atoms with Crippen LogP contribution in [-0.2, 0) is 11.0 Å². The summed E-state index contributed by atoms with van der Waals surface area (Å²) in [6, 6.07) is 0.870. The molecule has 0 aliphatic carbocycles. The van der Waals surface area contributed by atoms with Gasteiger partial charge in [0.25, 0.3) is 0 Å². The SMILES string of the molecule is O=C(CSc1ncn[nH]1)N1CCN(c2ncc(C(F)(F)F)cc2Cl)CC1. The fraction of sp³-hybridized carbons (Fsp3) is 0.429. The van der Waals surface area contributed by atoms with E-state index < -0.39 is 11.7 Å². The molecule has 26 heavy (non-hydrogen) atoms. The first-order valence-corrected chi connectivity index (χ1v) is 8.94. The number of nitrogens with zero attached hydrogens (tertiary/aromatic N) is 5. The number of carbonyl (C=O) groups is 1. The second-order valence-electron chi connectivity index (χ2n) is 5.47. The number of thioether (sulfide) groups is 1. The fourth-order valence-electron chi connectivity index (χ4n) is 2.47. The van der Waals surface area contributed by atoms with E-state index in [1.807, 2.05) is 0 Å². The normalized spacial score (nSPS) is 15.4. The molecule has 0 spiro atoms. The maximum atomic E-state index is 12.7. The predicted molar refractivity (Wildman–Crippen MR) is 90.1 cm³/mol. The van der Waals surface area contributed by atoms with Crippen molar-refractivity contribution in [1.82, 2.24) is 25.1 Å². The lowest BCUT2D eigenvalue weighted by Crippen LogP contribution is -2.49. The van der Waals surface area contributed by atoms with Crippen molar-refractivity contribution in [2.75, 3.05) is 36.8 Å². The number of carbonyl (C=O) groups excluding carboxylic acids is 1. The van der Waals surface area contributed by atoms with E-state index in [9.17, 15) is 18.0 Å². The van der Waals surface area contributed by atoms with Gasteiger partial charge in [0.05, 0.1) is 16.3 Å². The summed E-state index contributed by atoms with van der Waals surface area (Å²) in [6.45, 7) is 1.76. The van der Waals surface area contributed by atoms with E-state index in [1.165, 1.54) is 18.1 Å². The number of amides is 1. The number of anilines is 1. The lowest BCUT2D eigenvalue weighted by molar-refractivity contribution is -0.137. The molecule has 0 atom stereocenters. The van der Waals surface area contributed by atoms with Gasteiger partial charge >= 0.3 is 6.18 Å². The Morgan fingerprint density at radius 1 is 1.27 bits per heavy atom. The zero-order valence-corrected chi connectivity index (χ0v) is 14.9. The number of rotatable bonds is 4. The molecule has 2 aromatic rings. The van der Waals surface area contributed by atoms with Crippen LogP contribution in [0.15, 0.2) is 23.7 Å². The summed E-state index contributed by atoms with van der Waals surface area (Å²) < 4.78 is 38.1. The van der Waals surface area contributed by atoms with Gasteiger partial charge in [-0.1, -0.05) is 23.4 Å². The molecular formula is C14H14ClF3N6OS. The maximum absolute atomic E-state index is 12.7. The van der Waals surface area contributed by atoms with Crippen LogP contribution in [0.1, 0.15) is 5.56 Å². The zero-order valence-electron chi connectivity index (χ0n) is 13.3. The van der Waals surface area contributed by atoms with Crippen LogP contribution in [0, 0.1) is 0 Å². The van der Waals surface area contributed by atoms with Gasteiger partial charge in [0.15, 0.2) is 5.16 Å². The second-order valence-corrected chi connectivity index (χ2v) is 6.85. The van der Waals surface area contributed by atoms with Crippen molar-refractivity contribution in [3.8, 4) is 0 Å². The number of alkyl halides is 3. The molecule has 0 saturated carbocycles. The van der Waals surface area contributed by atoms with Gasteiger partial charge in [0.1, 0.15) is 12.1 Å². The quantitative estimate of drug-likeness (QED) is 0.785. The number of pyridine rings is 1. The average molecular weight is 407 g/mol.